The molecule has 0 atom stereocenters. The molecule has 0 N–H and O–H groups in total. The summed E-state index contributed by atoms with van der Waals surface area (Å²) in [5.41, 5.74) is 5.21. The van der Waals surface area contributed by atoms with Gasteiger partial charge in [0, 0.05) is 0 Å². The van der Waals surface area contributed by atoms with Crippen LogP contribution in [-0.2, 0) is 5.88 Å². The zero-order valence-electron chi connectivity index (χ0n) is 11.3. The van der Waals surface area contributed by atoms with Crippen LogP contribution >= 0.6 is 23.2 Å². The molecule has 102 valence electrons. The molecular weight excluding hydrogens is 291 g/mol. The maximum Gasteiger partial charge on any atom is 0.129 e. The molecule has 1 heterocycles. The Bertz CT molecular complexity index is 770. The molecule has 2 aromatic carbocycles. The van der Waals surface area contributed by atoms with Gasteiger partial charge in [-0.15, -0.1) is 11.6 Å². The predicted octanol–water partition coefficient (Wildman–Crippen LogP) is 5.03. The number of rotatable bonds is 2. The topological polar surface area (TPSA) is 17.8 Å². The van der Waals surface area contributed by atoms with Gasteiger partial charge in [0.1, 0.15) is 5.82 Å². The lowest BCUT2D eigenvalue weighted by Gasteiger charge is -2.13. The molecule has 0 fully saturated rings. The van der Waals surface area contributed by atoms with E-state index in [0.717, 1.165) is 33.7 Å². The van der Waals surface area contributed by atoms with Crippen LogP contribution in [0.5, 0.6) is 0 Å². The monoisotopic (exact) mass is 304 g/mol. The number of benzene rings is 2. The minimum atomic E-state index is 0.346. The van der Waals surface area contributed by atoms with Crippen LogP contribution in [0.25, 0.3) is 16.7 Å². The van der Waals surface area contributed by atoms with Crippen LogP contribution in [0, 0.1) is 13.8 Å². The van der Waals surface area contributed by atoms with Crippen molar-refractivity contribution in [2.75, 3.05) is 0 Å². The molecule has 0 aliphatic carbocycles. The van der Waals surface area contributed by atoms with E-state index in [1.165, 1.54) is 0 Å². The van der Waals surface area contributed by atoms with Crippen LogP contribution < -0.4 is 0 Å². The van der Waals surface area contributed by atoms with Crippen LogP contribution in [0.4, 0.5) is 0 Å². The molecule has 20 heavy (non-hydrogen) atoms. The number of alkyl halides is 1. The summed E-state index contributed by atoms with van der Waals surface area (Å²) in [5.74, 6) is 1.16. The van der Waals surface area contributed by atoms with Gasteiger partial charge in [-0.2, -0.15) is 0 Å². The predicted molar refractivity (Wildman–Crippen MR) is 85.1 cm³/mol. The Morgan fingerprint density at radius 3 is 2.45 bits per heavy atom. The van der Waals surface area contributed by atoms with Crippen molar-refractivity contribution < 1.29 is 0 Å². The number of para-hydroxylation sites is 2. The first kappa shape index (κ1) is 13.5. The van der Waals surface area contributed by atoms with Crippen LogP contribution in [0.2, 0.25) is 5.02 Å². The summed E-state index contributed by atoms with van der Waals surface area (Å²) in [4.78, 5) is 4.66. The summed E-state index contributed by atoms with van der Waals surface area (Å²) < 4.78 is 2.06. The minimum Gasteiger partial charge on any atom is -0.293 e. The fourth-order valence-corrected chi connectivity index (χ4v) is 3.02. The Kier molecular flexibility index (Phi) is 3.45. The van der Waals surface area contributed by atoms with Gasteiger partial charge in [-0.25, -0.2) is 4.98 Å². The third-order valence-electron chi connectivity index (χ3n) is 3.49. The fourth-order valence-electron chi connectivity index (χ4n) is 2.53. The first-order valence-electron chi connectivity index (χ1n) is 6.42. The van der Waals surface area contributed by atoms with Crippen molar-refractivity contribution >= 4 is 34.2 Å². The van der Waals surface area contributed by atoms with Gasteiger partial charge in [-0.3, -0.25) is 4.57 Å². The van der Waals surface area contributed by atoms with E-state index < -0.39 is 0 Å². The first-order chi connectivity index (χ1) is 9.63. The molecule has 0 saturated heterocycles. The molecule has 0 aliphatic heterocycles. The summed E-state index contributed by atoms with van der Waals surface area (Å²) in [7, 11) is 0. The molecule has 4 heteroatoms. The van der Waals surface area contributed by atoms with Gasteiger partial charge in [0.25, 0.3) is 0 Å². The largest absolute Gasteiger partial charge is 0.293 e. The Balaban J connectivity index is 2.44. The van der Waals surface area contributed by atoms with E-state index in [1.54, 1.807) is 0 Å². The third kappa shape index (κ3) is 2.00. The number of aromatic nitrogens is 2. The number of nitrogens with zero attached hydrogens (tertiary/aromatic N) is 2. The highest BCUT2D eigenvalue weighted by Crippen LogP contribution is 2.31. The first-order valence-corrected chi connectivity index (χ1v) is 7.33. The molecular formula is C16H14Cl2N2. The minimum absolute atomic E-state index is 0.346. The lowest BCUT2D eigenvalue weighted by Crippen LogP contribution is -2.02. The molecule has 1 aromatic heterocycles. The highest BCUT2D eigenvalue weighted by atomic mass is 35.5. The van der Waals surface area contributed by atoms with Gasteiger partial charge < -0.3 is 0 Å². The second kappa shape index (κ2) is 5.12. The van der Waals surface area contributed by atoms with Gasteiger partial charge in [-0.05, 0) is 37.1 Å². The van der Waals surface area contributed by atoms with Crippen LogP contribution in [-0.4, -0.2) is 9.55 Å². The van der Waals surface area contributed by atoms with Crippen LogP contribution in [0.1, 0.15) is 17.0 Å². The van der Waals surface area contributed by atoms with Gasteiger partial charge in [0.05, 0.1) is 27.6 Å². The van der Waals surface area contributed by atoms with Gasteiger partial charge in [0.2, 0.25) is 0 Å². The summed E-state index contributed by atoms with van der Waals surface area (Å²) in [6, 6.07) is 12.0. The van der Waals surface area contributed by atoms with Crippen molar-refractivity contribution in [3.63, 3.8) is 0 Å². The highest BCUT2D eigenvalue weighted by molar-refractivity contribution is 6.32. The number of fused-ring (bicyclic) bond motifs is 1. The second-order valence-electron chi connectivity index (χ2n) is 4.85. The third-order valence-corrected chi connectivity index (χ3v) is 4.03. The molecule has 2 nitrogen and oxygen atoms in total. The SMILES string of the molecule is Cc1cccc(Cl)c1-n1c(CCl)nc2c(C)cccc21. The molecule has 0 aliphatic rings. The van der Waals surface area contributed by atoms with Crippen molar-refractivity contribution in [2.45, 2.75) is 19.7 Å². The van der Waals surface area contributed by atoms with E-state index in [2.05, 4.69) is 22.5 Å². The lowest BCUT2D eigenvalue weighted by molar-refractivity contribution is 0.972. The normalized spacial score (nSPS) is 11.2. The molecule has 0 saturated carbocycles. The zero-order chi connectivity index (χ0) is 14.3. The van der Waals surface area contributed by atoms with Crippen molar-refractivity contribution in [3.8, 4) is 5.69 Å². The van der Waals surface area contributed by atoms with Crippen LogP contribution in [0.15, 0.2) is 36.4 Å². The molecule has 0 spiro atoms. The number of aryl methyl sites for hydroxylation is 2. The van der Waals surface area contributed by atoms with Gasteiger partial charge in [-0.1, -0.05) is 35.9 Å². The van der Waals surface area contributed by atoms with Crippen LogP contribution in [0.3, 0.4) is 0 Å². The second-order valence-corrected chi connectivity index (χ2v) is 5.52. The van der Waals surface area contributed by atoms with Crippen molar-refractivity contribution in [1.82, 2.24) is 9.55 Å². The number of hydrogen-bond acceptors (Lipinski definition) is 1. The number of hydrogen-bond donors (Lipinski definition) is 0. The standard InChI is InChI=1S/C16H14Cl2N2/c1-10-5-4-8-13-15(10)19-14(9-17)20(13)16-11(2)6-3-7-12(16)18/h3-8H,9H2,1-2H3. The van der Waals surface area contributed by atoms with Crippen molar-refractivity contribution in [3.05, 3.63) is 58.4 Å². The van der Waals surface area contributed by atoms with E-state index in [-0.39, 0.29) is 0 Å². The molecule has 3 rings (SSSR count). The number of halogens is 2. The Labute approximate surface area is 128 Å². The summed E-state index contributed by atoms with van der Waals surface area (Å²) in [6.45, 7) is 4.10. The fraction of sp³-hybridized carbons (Fsp3) is 0.188. The highest BCUT2D eigenvalue weighted by Gasteiger charge is 2.16. The molecule has 0 amide bonds. The molecule has 0 unspecified atom stereocenters. The van der Waals surface area contributed by atoms with E-state index in [1.807, 2.05) is 37.3 Å². The summed E-state index contributed by atoms with van der Waals surface area (Å²) in [6.07, 6.45) is 0. The Morgan fingerprint density at radius 1 is 1.05 bits per heavy atom. The lowest BCUT2D eigenvalue weighted by atomic mass is 10.1. The Hall–Kier alpha value is -1.51. The van der Waals surface area contributed by atoms with Crippen molar-refractivity contribution in [2.24, 2.45) is 0 Å². The maximum atomic E-state index is 6.40. The molecule has 0 bridgehead atoms. The molecule has 3 aromatic rings. The average Bonchev–Trinajstić information content (AvgIpc) is 2.79. The average molecular weight is 305 g/mol. The van der Waals surface area contributed by atoms with Gasteiger partial charge >= 0.3 is 0 Å². The maximum absolute atomic E-state index is 6.40. The van der Waals surface area contributed by atoms with E-state index in [0.29, 0.717) is 10.9 Å². The summed E-state index contributed by atoms with van der Waals surface area (Å²) >= 11 is 12.5. The van der Waals surface area contributed by atoms with E-state index in [4.69, 9.17) is 23.2 Å². The summed E-state index contributed by atoms with van der Waals surface area (Å²) in [5, 5.41) is 0.706. The van der Waals surface area contributed by atoms with Crippen molar-refractivity contribution in [1.29, 1.82) is 0 Å². The zero-order valence-corrected chi connectivity index (χ0v) is 12.8. The molecule has 0 radical (unpaired) electrons. The van der Waals surface area contributed by atoms with Gasteiger partial charge in [0.15, 0.2) is 0 Å². The quantitative estimate of drug-likeness (QED) is 0.607. The van der Waals surface area contributed by atoms with E-state index in [9.17, 15) is 0 Å². The number of imidazole rings is 1. The Morgan fingerprint density at radius 2 is 1.75 bits per heavy atom. The van der Waals surface area contributed by atoms with E-state index >= 15 is 0 Å². The smallest absolute Gasteiger partial charge is 0.129 e.